The number of methoxy groups -OCH3 is 1. The maximum atomic E-state index is 12.4. The van der Waals surface area contributed by atoms with Crippen LogP contribution >= 0.6 is 11.6 Å². The molecular weight excluding hydrogens is 380 g/mol. The smallest absolute Gasteiger partial charge is 0.346 e. The summed E-state index contributed by atoms with van der Waals surface area (Å²) in [6.07, 6.45) is 4.86. The normalized spacial score (nSPS) is 11.0. The molecule has 0 saturated carbocycles. The molecule has 1 amide bonds. The molecule has 142 valence electrons. The Bertz CT molecular complexity index is 1200. The highest BCUT2D eigenvalue weighted by Gasteiger charge is 2.14. The Labute approximate surface area is 165 Å². The van der Waals surface area contributed by atoms with Crippen LogP contribution in [0.25, 0.3) is 22.3 Å². The zero-order chi connectivity index (χ0) is 19.8. The standard InChI is InChI=1S/C19H17ClN6O2/c1-10-8-23-26(11(10)2)19(27)24-13-6-12-7-15(25-17(12)22-9-13)14-4-5-21-18(28-3)16(14)20/h4-9H,1-3H3,(H,22,25)(H,24,27). The summed E-state index contributed by atoms with van der Waals surface area (Å²) in [5, 5.41) is 8.14. The molecule has 9 heteroatoms. The first-order valence-electron chi connectivity index (χ1n) is 8.48. The van der Waals surface area contributed by atoms with Crippen molar-refractivity contribution in [3.05, 3.63) is 53.1 Å². The molecule has 0 bridgehead atoms. The number of carbonyl (C=O) groups is 1. The minimum Gasteiger partial charge on any atom is -0.480 e. The number of rotatable bonds is 3. The van der Waals surface area contributed by atoms with Gasteiger partial charge in [-0.1, -0.05) is 11.6 Å². The van der Waals surface area contributed by atoms with Crippen LogP contribution < -0.4 is 10.1 Å². The Morgan fingerprint density at radius 2 is 2.07 bits per heavy atom. The number of aryl methyl sites for hydroxylation is 1. The van der Waals surface area contributed by atoms with Crippen LogP contribution in [0, 0.1) is 13.8 Å². The van der Waals surface area contributed by atoms with E-state index in [-0.39, 0.29) is 6.03 Å². The molecule has 0 aliphatic rings. The molecule has 4 heterocycles. The van der Waals surface area contributed by atoms with Gasteiger partial charge in [-0.3, -0.25) is 0 Å². The van der Waals surface area contributed by atoms with Crippen molar-refractivity contribution in [2.45, 2.75) is 13.8 Å². The molecule has 28 heavy (non-hydrogen) atoms. The fourth-order valence-electron chi connectivity index (χ4n) is 2.88. The van der Waals surface area contributed by atoms with Gasteiger partial charge in [-0.15, -0.1) is 0 Å². The summed E-state index contributed by atoms with van der Waals surface area (Å²) in [6, 6.07) is 5.19. The van der Waals surface area contributed by atoms with Gasteiger partial charge in [0.1, 0.15) is 10.7 Å². The van der Waals surface area contributed by atoms with Gasteiger partial charge in [-0.2, -0.15) is 9.78 Å². The van der Waals surface area contributed by atoms with E-state index in [9.17, 15) is 4.79 Å². The van der Waals surface area contributed by atoms with Gasteiger partial charge >= 0.3 is 6.03 Å². The molecule has 0 spiro atoms. The van der Waals surface area contributed by atoms with Crippen LogP contribution in [0.5, 0.6) is 5.88 Å². The van der Waals surface area contributed by atoms with Crippen molar-refractivity contribution in [3.63, 3.8) is 0 Å². The first-order valence-corrected chi connectivity index (χ1v) is 8.86. The summed E-state index contributed by atoms with van der Waals surface area (Å²) in [5.41, 5.74) is 4.50. The van der Waals surface area contributed by atoms with Gasteiger partial charge < -0.3 is 15.0 Å². The van der Waals surface area contributed by atoms with Crippen LogP contribution in [0.15, 0.2) is 36.8 Å². The highest BCUT2D eigenvalue weighted by molar-refractivity contribution is 6.34. The SMILES string of the molecule is COc1nccc(-c2cc3cc(NC(=O)n4ncc(C)c4C)cnc3[nH]2)c1Cl. The van der Waals surface area contributed by atoms with E-state index >= 15 is 0 Å². The van der Waals surface area contributed by atoms with Gasteiger partial charge in [-0.05, 0) is 37.6 Å². The summed E-state index contributed by atoms with van der Waals surface area (Å²) in [6.45, 7) is 3.74. The average Bonchev–Trinajstić information content (AvgIpc) is 3.25. The summed E-state index contributed by atoms with van der Waals surface area (Å²) < 4.78 is 6.49. The van der Waals surface area contributed by atoms with Crippen LogP contribution in [0.3, 0.4) is 0 Å². The van der Waals surface area contributed by atoms with E-state index < -0.39 is 0 Å². The Balaban J connectivity index is 1.65. The first-order chi connectivity index (χ1) is 13.5. The molecule has 0 fully saturated rings. The minimum atomic E-state index is -0.343. The Morgan fingerprint density at radius 3 is 2.79 bits per heavy atom. The third kappa shape index (κ3) is 3.07. The highest BCUT2D eigenvalue weighted by atomic mass is 35.5. The number of carbonyl (C=O) groups excluding carboxylic acids is 1. The number of hydrogen-bond acceptors (Lipinski definition) is 5. The summed E-state index contributed by atoms with van der Waals surface area (Å²) in [5.74, 6) is 0.351. The quantitative estimate of drug-likeness (QED) is 0.541. The Kier molecular flexibility index (Phi) is 4.48. The van der Waals surface area contributed by atoms with Crippen molar-refractivity contribution >= 4 is 34.4 Å². The molecule has 8 nitrogen and oxygen atoms in total. The highest BCUT2D eigenvalue weighted by Crippen LogP contribution is 2.34. The van der Waals surface area contributed by atoms with E-state index in [0.29, 0.717) is 22.2 Å². The molecular formula is C19H17ClN6O2. The monoisotopic (exact) mass is 396 g/mol. The van der Waals surface area contributed by atoms with Crippen LogP contribution in [0.2, 0.25) is 5.02 Å². The van der Waals surface area contributed by atoms with Crippen molar-refractivity contribution in [1.29, 1.82) is 0 Å². The van der Waals surface area contributed by atoms with Crippen LogP contribution in [-0.4, -0.2) is 37.9 Å². The number of halogens is 1. The van der Waals surface area contributed by atoms with Gasteiger partial charge in [-0.25, -0.2) is 14.8 Å². The minimum absolute atomic E-state index is 0.343. The number of amides is 1. The zero-order valence-corrected chi connectivity index (χ0v) is 16.2. The molecule has 0 atom stereocenters. The molecule has 0 saturated heterocycles. The average molecular weight is 397 g/mol. The lowest BCUT2D eigenvalue weighted by atomic mass is 10.2. The van der Waals surface area contributed by atoms with Gasteiger partial charge in [0.2, 0.25) is 5.88 Å². The number of aromatic amines is 1. The third-order valence-electron chi connectivity index (χ3n) is 4.51. The predicted molar refractivity (Wildman–Crippen MR) is 107 cm³/mol. The van der Waals surface area contributed by atoms with Crippen molar-refractivity contribution in [2.75, 3.05) is 12.4 Å². The second-order valence-corrected chi connectivity index (χ2v) is 6.66. The summed E-state index contributed by atoms with van der Waals surface area (Å²) >= 11 is 6.36. The van der Waals surface area contributed by atoms with E-state index in [1.165, 1.54) is 11.8 Å². The van der Waals surface area contributed by atoms with Crippen LogP contribution in [0.1, 0.15) is 11.3 Å². The molecule has 4 aromatic rings. The van der Waals surface area contributed by atoms with Gasteiger partial charge in [0.15, 0.2) is 0 Å². The lowest BCUT2D eigenvalue weighted by molar-refractivity contribution is 0.250. The van der Waals surface area contributed by atoms with Crippen LogP contribution in [-0.2, 0) is 0 Å². The van der Waals surface area contributed by atoms with Crippen molar-refractivity contribution in [1.82, 2.24) is 24.7 Å². The van der Waals surface area contributed by atoms with E-state index in [1.54, 1.807) is 24.7 Å². The van der Waals surface area contributed by atoms with Crippen molar-refractivity contribution < 1.29 is 9.53 Å². The molecule has 0 aliphatic heterocycles. The Hall–Kier alpha value is -3.39. The second-order valence-electron chi connectivity index (χ2n) is 6.28. The molecule has 0 radical (unpaired) electrons. The van der Waals surface area contributed by atoms with Crippen molar-refractivity contribution in [3.8, 4) is 17.1 Å². The lowest BCUT2D eigenvalue weighted by Gasteiger charge is -2.06. The van der Waals surface area contributed by atoms with E-state index in [4.69, 9.17) is 16.3 Å². The molecule has 4 aromatic heterocycles. The van der Waals surface area contributed by atoms with Gasteiger partial charge in [0.25, 0.3) is 0 Å². The fraction of sp³-hybridized carbons (Fsp3) is 0.158. The van der Waals surface area contributed by atoms with Gasteiger partial charge in [0, 0.05) is 28.5 Å². The molecule has 2 N–H and O–H groups in total. The van der Waals surface area contributed by atoms with E-state index in [0.717, 1.165) is 27.9 Å². The van der Waals surface area contributed by atoms with Crippen LogP contribution in [0.4, 0.5) is 10.5 Å². The number of anilines is 1. The molecule has 0 aliphatic carbocycles. The molecule has 0 aromatic carbocycles. The topological polar surface area (TPSA) is 97.7 Å². The number of H-pyrrole nitrogens is 1. The van der Waals surface area contributed by atoms with E-state index in [1.807, 2.05) is 26.0 Å². The molecule has 0 unspecified atom stereocenters. The number of ether oxygens (including phenoxy) is 1. The summed E-state index contributed by atoms with van der Waals surface area (Å²) in [7, 11) is 1.52. The number of fused-ring (bicyclic) bond motifs is 1. The maximum absolute atomic E-state index is 12.4. The van der Waals surface area contributed by atoms with Gasteiger partial charge in [0.05, 0.1) is 25.2 Å². The van der Waals surface area contributed by atoms with E-state index in [2.05, 4.69) is 25.4 Å². The lowest BCUT2D eigenvalue weighted by Crippen LogP contribution is -2.21. The predicted octanol–water partition coefficient (Wildman–Crippen LogP) is 4.18. The number of aromatic nitrogens is 5. The third-order valence-corrected chi connectivity index (χ3v) is 4.87. The first kappa shape index (κ1) is 18.0. The maximum Gasteiger partial charge on any atom is 0.346 e. The number of pyridine rings is 2. The largest absolute Gasteiger partial charge is 0.480 e. The number of hydrogen-bond donors (Lipinski definition) is 2. The second kappa shape index (κ2) is 6.97. The molecule has 4 rings (SSSR count). The number of nitrogens with one attached hydrogen (secondary N) is 2. The van der Waals surface area contributed by atoms with Crippen molar-refractivity contribution in [2.24, 2.45) is 0 Å². The summed E-state index contributed by atoms with van der Waals surface area (Å²) in [4.78, 5) is 24.1. The fourth-order valence-corrected chi connectivity index (χ4v) is 3.17. The Morgan fingerprint density at radius 1 is 1.25 bits per heavy atom. The zero-order valence-electron chi connectivity index (χ0n) is 15.4. The number of nitrogens with zero attached hydrogens (tertiary/aromatic N) is 4.